The van der Waals surface area contributed by atoms with E-state index in [0.717, 1.165) is 0 Å². The van der Waals surface area contributed by atoms with Crippen molar-refractivity contribution in [2.75, 3.05) is 14.2 Å². The highest BCUT2D eigenvalue weighted by Gasteiger charge is 2.81. The number of ketones is 1. The van der Waals surface area contributed by atoms with Gasteiger partial charge in [-0.3, -0.25) is 4.79 Å². The molecule has 0 amide bonds. The molecule has 0 spiro atoms. The molecular weight excluding hydrogens is 921 g/mol. The first-order valence-corrected chi connectivity index (χ1v) is 24.9. The van der Waals surface area contributed by atoms with Gasteiger partial charge in [-0.2, -0.15) is 0 Å². The Morgan fingerprint density at radius 3 is 1.83 bits per heavy atom. The molecule has 7 fully saturated rings. The third-order valence-electron chi connectivity index (χ3n) is 17.8. The summed E-state index contributed by atoms with van der Waals surface area (Å²) in [5.74, 6) is -3.46. The SMILES string of the molecule is C/C=C(\C)C(=O)O[C@@H]1[C@@H](OC(=O)/C(C)=C/C)[C@]2(C)[C@@H](C(C)=O)CC[C@]2(O)[C@]2(O)CC[C@H]3C[C@@H](O[C@H]4C[C@@H](O)[C@H](O[C@@H]5O[C@H](C)[C@@H](O[C@@H]6O[C@H](OC)[C@@H](O)[C@H](O)[C@H]6O)[C@@H](OC)[C@H]5O)[C@@H](C)O4)CC[C@]3(C)[C@@H]12. The quantitative estimate of drug-likeness (QED) is 0.0784. The summed E-state index contributed by atoms with van der Waals surface area (Å²) in [6.07, 6.45) is -14.6. The van der Waals surface area contributed by atoms with Crippen molar-refractivity contribution in [3.63, 3.8) is 0 Å². The van der Waals surface area contributed by atoms with E-state index in [0.29, 0.717) is 36.8 Å². The number of aliphatic hydroxyl groups excluding tert-OH is 5. The third kappa shape index (κ3) is 9.26. The Balaban J connectivity index is 1.05. The molecule has 7 aliphatic rings. The zero-order valence-electron chi connectivity index (χ0n) is 42.3. The molecule has 0 aromatic carbocycles. The van der Waals surface area contributed by atoms with Crippen LogP contribution in [0.15, 0.2) is 23.3 Å². The van der Waals surface area contributed by atoms with Crippen molar-refractivity contribution in [2.45, 2.75) is 229 Å². The molecule has 4 aliphatic carbocycles. The maximum Gasteiger partial charge on any atom is 0.333 e. The number of methoxy groups -OCH3 is 2. The largest absolute Gasteiger partial charge is 0.455 e. The Labute approximate surface area is 409 Å². The van der Waals surface area contributed by atoms with Crippen molar-refractivity contribution in [2.24, 2.45) is 28.6 Å². The Morgan fingerprint density at radius 2 is 1.23 bits per heavy atom. The molecule has 7 rings (SSSR count). The predicted octanol–water partition coefficient (Wildman–Crippen LogP) is 1.62. The molecule has 24 atom stereocenters. The van der Waals surface area contributed by atoms with Crippen molar-refractivity contribution in [1.82, 2.24) is 0 Å². The minimum Gasteiger partial charge on any atom is -0.455 e. The predicted molar refractivity (Wildman–Crippen MR) is 243 cm³/mol. The second kappa shape index (κ2) is 21.0. The Morgan fingerprint density at radius 1 is 0.629 bits per heavy atom. The molecule has 0 aromatic heterocycles. The first-order chi connectivity index (χ1) is 32.9. The number of carbonyl (C=O) groups is 3. The minimum absolute atomic E-state index is 0.00328. The summed E-state index contributed by atoms with van der Waals surface area (Å²) in [4.78, 5) is 41.1. The summed E-state index contributed by atoms with van der Waals surface area (Å²) in [5, 5.41) is 80.6. The van der Waals surface area contributed by atoms with Crippen LogP contribution in [0.4, 0.5) is 0 Å². The minimum atomic E-state index is -1.90. The Kier molecular flexibility index (Phi) is 16.6. The van der Waals surface area contributed by atoms with Crippen LogP contribution < -0.4 is 0 Å². The summed E-state index contributed by atoms with van der Waals surface area (Å²) in [7, 11) is 2.59. The maximum atomic E-state index is 13.9. The second-order valence-corrected chi connectivity index (χ2v) is 21.4. The summed E-state index contributed by atoms with van der Waals surface area (Å²) < 4.78 is 60.2. The van der Waals surface area contributed by atoms with Crippen molar-refractivity contribution < 1.29 is 97.5 Å². The van der Waals surface area contributed by atoms with E-state index >= 15 is 0 Å². The van der Waals surface area contributed by atoms with E-state index in [1.54, 1.807) is 60.6 Å². The number of fused-ring (bicyclic) bond motifs is 5. The molecule has 4 saturated carbocycles. The van der Waals surface area contributed by atoms with Gasteiger partial charge in [0.15, 0.2) is 25.2 Å². The summed E-state index contributed by atoms with van der Waals surface area (Å²) in [6.45, 7) is 15.1. The van der Waals surface area contributed by atoms with Gasteiger partial charge in [0.25, 0.3) is 0 Å². The van der Waals surface area contributed by atoms with E-state index in [1.165, 1.54) is 21.1 Å². The normalized spacial score (nSPS) is 49.8. The van der Waals surface area contributed by atoms with Crippen LogP contribution in [-0.2, 0) is 61.8 Å². The molecule has 20 heteroatoms. The molecule has 0 bridgehead atoms. The van der Waals surface area contributed by atoms with E-state index in [1.807, 2.05) is 6.92 Å². The van der Waals surface area contributed by atoms with Gasteiger partial charge in [-0.25, -0.2) is 9.59 Å². The third-order valence-corrected chi connectivity index (χ3v) is 17.8. The van der Waals surface area contributed by atoms with Gasteiger partial charge in [-0.1, -0.05) is 26.0 Å². The zero-order chi connectivity index (χ0) is 51.6. The van der Waals surface area contributed by atoms with E-state index < -0.39 is 144 Å². The number of allylic oxidation sites excluding steroid dienone is 2. The second-order valence-electron chi connectivity index (χ2n) is 21.4. The molecule has 70 heavy (non-hydrogen) atoms. The van der Waals surface area contributed by atoms with E-state index in [9.17, 15) is 50.1 Å². The van der Waals surface area contributed by atoms with Gasteiger partial charge in [0, 0.05) is 49.0 Å². The van der Waals surface area contributed by atoms with Gasteiger partial charge in [0.1, 0.15) is 71.9 Å². The van der Waals surface area contributed by atoms with Crippen LogP contribution in [0.2, 0.25) is 0 Å². The van der Waals surface area contributed by atoms with Crippen LogP contribution >= 0.6 is 0 Å². The van der Waals surface area contributed by atoms with Crippen molar-refractivity contribution in [3.8, 4) is 0 Å². The van der Waals surface area contributed by atoms with E-state index in [-0.39, 0.29) is 43.5 Å². The lowest BCUT2D eigenvalue weighted by atomic mass is 9.39. The van der Waals surface area contributed by atoms with Gasteiger partial charge in [-0.15, -0.1) is 0 Å². The molecule has 0 unspecified atom stereocenters. The summed E-state index contributed by atoms with van der Waals surface area (Å²) in [5.41, 5.74) is -5.47. The average molecular weight is 999 g/mol. The van der Waals surface area contributed by atoms with E-state index in [4.69, 9.17) is 47.4 Å². The Bertz CT molecular complexity index is 1950. The highest BCUT2D eigenvalue weighted by Crippen LogP contribution is 2.71. The van der Waals surface area contributed by atoms with Gasteiger partial charge in [-0.05, 0) is 105 Å². The highest BCUT2D eigenvalue weighted by atomic mass is 16.8. The van der Waals surface area contributed by atoms with Crippen LogP contribution in [0.3, 0.4) is 0 Å². The van der Waals surface area contributed by atoms with Gasteiger partial charge < -0.3 is 83.1 Å². The van der Waals surface area contributed by atoms with E-state index in [2.05, 4.69) is 0 Å². The van der Waals surface area contributed by atoms with Crippen molar-refractivity contribution in [3.05, 3.63) is 23.3 Å². The fraction of sp³-hybridized carbons (Fsp3) is 0.860. The number of rotatable bonds is 13. The van der Waals surface area contributed by atoms with Gasteiger partial charge in [0.2, 0.25) is 0 Å². The van der Waals surface area contributed by atoms with Crippen LogP contribution in [0.5, 0.6) is 0 Å². The number of esters is 2. The summed E-state index contributed by atoms with van der Waals surface area (Å²) >= 11 is 0. The van der Waals surface area contributed by atoms with Crippen LogP contribution in [0, 0.1) is 28.6 Å². The smallest absolute Gasteiger partial charge is 0.333 e. The number of carbonyl (C=O) groups excluding carboxylic acids is 3. The number of Topliss-reactive ketones (excluding diaryl/α,β-unsaturated/α-hetero) is 1. The summed E-state index contributed by atoms with van der Waals surface area (Å²) in [6, 6.07) is 0. The molecule has 3 aliphatic heterocycles. The van der Waals surface area contributed by atoms with Gasteiger partial charge >= 0.3 is 11.9 Å². The standard InChI is InChI=1S/C50H78O20/c1-12-22(3)42(57)66-39-40-47(8)17-15-28(20-27(47)14-18-49(40,59)50(60)19-16-29(24(5)51)48(50,9)41(39)69-43(58)23(4)13-2)65-31-21-30(52)36(25(6)63-31)67-46-35(56)38(61-10)37(26(7)64-46)68-45-34(55)32(53)33(54)44(62-11)70-45/h12-13,25-41,44-46,52-56,59-60H,14-21H2,1-11H3/b22-12+,23-13+/t25-,26-,27+,28+,29-,30-,31+,32+,33+,34-,35-,36-,37-,38+,39+,40-,41-,44+,45-,46+,47+,48+,49+,50-/m1/s1. The first kappa shape index (κ1) is 55.2. The monoisotopic (exact) mass is 999 g/mol. The van der Waals surface area contributed by atoms with Crippen molar-refractivity contribution in [1.29, 1.82) is 0 Å². The first-order valence-electron chi connectivity index (χ1n) is 24.9. The molecular formula is C50H78O20. The lowest BCUT2D eigenvalue weighted by Crippen LogP contribution is -2.81. The molecule has 3 heterocycles. The number of hydrogen-bond acceptors (Lipinski definition) is 20. The van der Waals surface area contributed by atoms with Crippen LogP contribution in [0.25, 0.3) is 0 Å². The maximum absolute atomic E-state index is 13.9. The van der Waals surface area contributed by atoms with Gasteiger partial charge in [0.05, 0.1) is 24.4 Å². The highest BCUT2D eigenvalue weighted by molar-refractivity contribution is 5.89. The lowest BCUT2D eigenvalue weighted by Gasteiger charge is -2.69. The molecule has 398 valence electrons. The van der Waals surface area contributed by atoms with Crippen molar-refractivity contribution >= 4 is 17.7 Å². The molecule has 7 N–H and O–H groups in total. The topological polar surface area (TPSA) is 285 Å². The fourth-order valence-electron chi connectivity index (χ4n) is 13.5. The lowest BCUT2D eigenvalue weighted by molar-refractivity contribution is -0.386. The Hall–Kier alpha value is -2.51. The zero-order valence-corrected chi connectivity index (χ0v) is 42.3. The number of aliphatic hydroxyl groups is 7. The number of ether oxygens (including phenoxy) is 10. The fourth-order valence-corrected chi connectivity index (χ4v) is 13.5. The molecule has 0 aromatic rings. The molecule has 0 radical (unpaired) electrons. The molecule has 20 nitrogen and oxygen atoms in total. The van der Waals surface area contributed by atoms with Crippen LogP contribution in [-0.4, -0.2) is 183 Å². The number of hydrogen-bond donors (Lipinski definition) is 7. The average Bonchev–Trinajstić information content (AvgIpc) is 3.61. The van der Waals surface area contributed by atoms with Crippen LogP contribution in [0.1, 0.15) is 114 Å². The molecule has 3 saturated heterocycles.